The Bertz CT molecular complexity index is 427. The highest BCUT2D eigenvalue weighted by Gasteiger charge is 2.11. The second kappa shape index (κ2) is 9.13. The minimum absolute atomic E-state index is 0.380. The van der Waals surface area contributed by atoms with E-state index in [-0.39, 0.29) is 0 Å². The molecule has 0 atom stereocenters. The molecule has 20 heavy (non-hydrogen) atoms. The van der Waals surface area contributed by atoms with Crippen molar-refractivity contribution in [2.24, 2.45) is 0 Å². The van der Waals surface area contributed by atoms with Crippen LogP contribution in [0.5, 0.6) is 0 Å². The first-order chi connectivity index (χ1) is 9.67. The molecule has 0 aliphatic carbocycles. The number of amides is 2. The summed E-state index contributed by atoms with van der Waals surface area (Å²) in [5.74, 6) is -1.12. The maximum absolute atomic E-state index is 11.6. The minimum atomic E-state index is -0.568. The molecule has 0 spiro atoms. The van der Waals surface area contributed by atoms with E-state index in [0.717, 1.165) is 31.2 Å². The lowest BCUT2D eigenvalue weighted by Crippen LogP contribution is -2.39. The van der Waals surface area contributed by atoms with Gasteiger partial charge < -0.3 is 10.6 Å². The number of rotatable bonds is 7. The van der Waals surface area contributed by atoms with Crippen molar-refractivity contribution >= 4 is 11.8 Å². The molecule has 4 heteroatoms. The van der Waals surface area contributed by atoms with Crippen LogP contribution in [0.3, 0.4) is 0 Å². The van der Waals surface area contributed by atoms with Crippen LogP contribution in [0, 0.1) is 0 Å². The largest absolute Gasteiger partial charge is 0.348 e. The number of hydrogen-bond acceptors (Lipinski definition) is 2. The number of carbonyl (C=O) groups is 2. The first-order valence-electron chi connectivity index (χ1n) is 7.31. The zero-order valence-electron chi connectivity index (χ0n) is 12.4. The van der Waals surface area contributed by atoms with Crippen LogP contribution in [-0.2, 0) is 22.6 Å². The summed E-state index contributed by atoms with van der Waals surface area (Å²) >= 11 is 0. The van der Waals surface area contributed by atoms with Gasteiger partial charge in [0, 0.05) is 13.1 Å². The van der Waals surface area contributed by atoms with Crippen LogP contribution in [0.2, 0.25) is 0 Å². The van der Waals surface area contributed by atoms with E-state index in [0.29, 0.717) is 13.1 Å². The molecule has 110 valence electrons. The van der Waals surface area contributed by atoms with Crippen LogP contribution < -0.4 is 10.6 Å². The molecule has 0 saturated carbocycles. The van der Waals surface area contributed by atoms with Gasteiger partial charge in [-0.25, -0.2) is 0 Å². The molecule has 1 rings (SSSR count). The zero-order valence-corrected chi connectivity index (χ0v) is 12.4. The molecule has 0 aromatic heterocycles. The van der Waals surface area contributed by atoms with E-state index in [1.54, 1.807) is 0 Å². The van der Waals surface area contributed by atoms with Crippen molar-refractivity contribution in [1.82, 2.24) is 10.6 Å². The van der Waals surface area contributed by atoms with Gasteiger partial charge in [-0.05, 0) is 24.0 Å². The van der Waals surface area contributed by atoms with Gasteiger partial charge >= 0.3 is 11.8 Å². The summed E-state index contributed by atoms with van der Waals surface area (Å²) in [6.07, 6.45) is 4.06. The molecule has 0 aliphatic heterocycles. The van der Waals surface area contributed by atoms with Crippen LogP contribution in [0.4, 0.5) is 0 Å². The van der Waals surface area contributed by atoms with E-state index in [1.165, 1.54) is 5.56 Å². The van der Waals surface area contributed by atoms with Gasteiger partial charge in [-0.3, -0.25) is 9.59 Å². The fourth-order valence-corrected chi connectivity index (χ4v) is 1.81. The van der Waals surface area contributed by atoms with Crippen molar-refractivity contribution in [3.05, 3.63) is 35.4 Å². The molecule has 0 saturated heterocycles. The molecule has 0 aliphatic rings. The molecule has 0 radical (unpaired) electrons. The second-order valence-corrected chi connectivity index (χ2v) is 4.82. The maximum Gasteiger partial charge on any atom is 0.309 e. The van der Waals surface area contributed by atoms with Crippen molar-refractivity contribution in [1.29, 1.82) is 0 Å². The highest BCUT2D eigenvalue weighted by atomic mass is 16.2. The van der Waals surface area contributed by atoms with Gasteiger partial charge in [-0.15, -0.1) is 0 Å². The molecular weight excluding hydrogens is 252 g/mol. The van der Waals surface area contributed by atoms with Crippen molar-refractivity contribution in [3.8, 4) is 0 Å². The standard InChI is InChI=1S/C16H24N2O2/c1-3-5-6-11-17-15(19)16(20)18-12-14-9-7-13(4-2)8-10-14/h7-10H,3-6,11-12H2,1-2H3,(H,17,19)(H,18,20). The smallest absolute Gasteiger partial charge is 0.309 e. The molecule has 0 unspecified atom stereocenters. The normalized spacial score (nSPS) is 10.1. The summed E-state index contributed by atoms with van der Waals surface area (Å²) < 4.78 is 0. The number of nitrogens with one attached hydrogen (secondary N) is 2. The van der Waals surface area contributed by atoms with E-state index in [4.69, 9.17) is 0 Å². The summed E-state index contributed by atoms with van der Waals surface area (Å²) in [5.41, 5.74) is 2.25. The van der Waals surface area contributed by atoms with Gasteiger partial charge in [0.25, 0.3) is 0 Å². The predicted molar refractivity (Wildman–Crippen MR) is 80.2 cm³/mol. The van der Waals surface area contributed by atoms with Gasteiger partial charge in [-0.1, -0.05) is 51.0 Å². The Morgan fingerprint density at radius 3 is 2.10 bits per heavy atom. The van der Waals surface area contributed by atoms with Gasteiger partial charge in [0.05, 0.1) is 0 Å². The van der Waals surface area contributed by atoms with E-state index in [2.05, 4.69) is 24.5 Å². The Kier molecular flexibility index (Phi) is 7.40. The fourth-order valence-electron chi connectivity index (χ4n) is 1.81. The minimum Gasteiger partial charge on any atom is -0.348 e. The number of benzene rings is 1. The summed E-state index contributed by atoms with van der Waals surface area (Å²) in [7, 11) is 0. The van der Waals surface area contributed by atoms with Gasteiger partial charge in [0.1, 0.15) is 0 Å². The Hall–Kier alpha value is -1.84. The number of carbonyl (C=O) groups excluding carboxylic acids is 2. The van der Waals surface area contributed by atoms with Crippen molar-refractivity contribution in [2.45, 2.75) is 46.1 Å². The van der Waals surface area contributed by atoms with E-state index in [9.17, 15) is 9.59 Å². The fraction of sp³-hybridized carbons (Fsp3) is 0.500. The first-order valence-corrected chi connectivity index (χ1v) is 7.31. The quantitative estimate of drug-likeness (QED) is 0.592. The van der Waals surface area contributed by atoms with Gasteiger partial charge in [0.2, 0.25) is 0 Å². The highest BCUT2D eigenvalue weighted by Crippen LogP contribution is 2.04. The molecule has 1 aromatic carbocycles. The van der Waals surface area contributed by atoms with Crippen LogP contribution in [-0.4, -0.2) is 18.4 Å². The molecule has 2 amide bonds. The van der Waals surface area contributed by atoms with Gasteiger partial charge in [-0.2, -0.15) is 0 Å². The average Bonchev–Trinajstić information content (AvgIpc) is 2.49. The summed E-state index contributed by atoms with van der Waals surface area (Å²) in [5, 5.41) is 5.25. The summed E-state index contributed by atoms with van der Waals surface area (Å²) in [6, 6.07) is 8.01. The molecule has 1 aromatic rings. The second-order valence-electron chi connectivity index (χ2n) is 4.82. The first kappa shape index (κ1) is 16.2. The maximum atomic E-state index is 11.6. The lowest BCUT2D eigenvalue weighted by molar-refractivity contribution is -0.139. The lowest BCUT2D eigenvalue weighted by atomic mass is 10.1. The molecule has 4 nitrogen and oxygen atoms in total. The highest BCUT2D eigenvalue weighted by molar-refractivity contribution is 6.35. The SMILES string of the molecule is CCCCCNC(=O)C(=O)NCc1ccc(CC)cc1. The predicted octanol–water partition coefficient (Wildman–Crippen LogP) is 2.17. The molecule has 0 bridgehead atoms. The van der Waals surface area contributed by atoms with E-state index in [1.807, 2.05) is 24.3 Å². The third kappa shape index (κ3) is 5.87. The van der Waals surface area contributed by atoms with Crippen molar-refractivity contribution in [3.63, 3.8) is 0 Å². The molecular formula is C16H24N2O2. The van der Waals surface area contributed by atoms with E-state index >= 15 is 0 Å². The topological polar surface area (TPSA) is 58.2 Å². The Labute approximate surface area is 121 Å². The van der Waals surface area contributed by atoms with Crippen LogP contribution in [0.1, 0.15) is 44.2 Å². The van der Waals surface area contributed by atoms with Crippen LogP contribution in [0.25, 0.3) is 0 Å². The number of hydrogen-bond donors (Lipinski definition) is 2. The Morgan fingerprint density at radius 2 is 1.50 bits per heavy atom. The third-order valence-electron chi connectivity index (χ3n) is 3.16. The monoisotopic (exact) mass is 276 g/mol. The number of unbranched alkanes of at least 4 members (excludes halogenated alkanes) is 2. The third-order valence-corrected chi connectivity index (χ3v) is 3.16. The summed E-state index contributed by atoms with van der Waals surface area (Å²) in [6.45, 7) is 5.13. The average molecular weight is 276 g/mol. The zero-order chi connectivity index (χ0) is 14.8. The lowest BCUT2D eigenvalue weighted by Gasteiger charge is -2.07. The molecule has 0 heterocycles. The van der Waals surface area contributed by atoms with Crippen LogP contribution in [0.15, 0.2) is 24.3 Å². The summed E-state index contributed by atoms with van der Waals surface area (Å²) in [4.78, 5) is 23.1. The Balaban J connectivity index is 2.29. The van der Waals surface area contributed by atoms with Crippen molar-refractivity contribution in [2.75, 3.05) is 6.54 Å². The molecule has 2 N–H and O–H groups in total. The molecule has 0 fully saturated rings. The van der Waals surface area contributed by atoms with Crippen LogP contribution >= 0.6 is 0 Å². The van der Waals surface area contributed by atoms with E-state index < -0.39 is 11.8 Å². The van der Waals surface area contributed by atoms with Gasteiger partial charge in [0.15, 0.2) is 0 Å². The Morgan fingerprint density at radius 1 is 0.900 bits per heavy atom. The van der Waals surface area contributed by atoms with Crippen molar-refractivity contribution < 1.29 is 9.59 Å². The number of aryl methyl sites for hydroxylation is 1.